The Bertz CT molecular complexity index is 631. The largest absolute Gasteiger partial charge is 0.486 e. The first-order valence-corrected chi connectivity index (χ1v) is 7.55. The third kappa shape index (κ3) is 4.32. The number of benzene rings is 2. The van der Waals surface area contributed by atoms with Gasteiger partial charge in [0, 0.05) is 12.8 Å². The predicted molar refractivity (Wildman–Crippen MR) is 90.4 cm³/mol. The molecule has 2 aromatic carbocycles. The molecule has 0 fully saturated rings. The van der Waals surface area contributed by atoms with E-state index >= 15 is 0 Å². The molecule has 114 valence electrons. The maximum Gasteiger partial charge on any atom is 0.153 e. The van der Waals surface area contributed by atoms with Crippen LogP contribution in [0.4, 0.5) is 0 Å². The molecule has 0 aliphatic heterocycles. The van der Waals surface area contributed by atoms with E-state index in [1.54, 1.807) is 6.07 Å². The highest BCUT2D eigenvalue weighted by Crippen LogP contribution is 2.27. The topological polar surface area (TPSA) is 26.3 Å². The Labute approximate surface area is 132 Å². The van der Waals surface area contributed by atoms with Crippen molar-refractivity contribution in [3.63, 3.8) is 0 Å². The summed E-state index contributed by atoms with van der Waals surface area (Å²) in [5.41, 5.74) is 1.41. The molecule has 0 aliphatic rings. The summed E-state index contributed by atoms with van der Waals surface area (Å²) in [5, 5.41) is 0. The third-order valence-corrected chi connectivity index (χ3v) is 3.61. The van der Waals surface area contributed by atoms with Crippen LogP contribution < -0.4 is 4.74 Å². The molecule has 0 bridgehead atoms. The van der Waals surface area contributed by atoms with Crippen molar-refractivity contribution in [1.29, 1.82) is 0 Å². The highest BCUT2D eigenvalue weighted by molar-refractivity contribution is 5.79. The number of rotatable bonds is 7. The van der Waals surface area contributed by atoms with Crippen molar-refractivity contribution in [3.8, 4) is 5.75 Å². The summed E-state index contributed by atoms with van der Waals surface area (Å²) in [6.07, 6.45) is 6.54. The Morgan fingerprint density at radius 3 is 2.41 bits per heavy atom. The lowest BCUT2D eigenvalue weighted by atomic mass is 9.92. The standard InChI is InChI=1S/C20H22O2/c1-3-4-14-20(2,15-17-10-6-5-7-11-17)22-19-13-9-8-12-18(19)16-21/h3-13,16H,14-15H2,1-2H3. The predicted octanol–water partition coefficient (Wildman–Crippen LogP) is 4.85. The number of carbonyl (C=O) groups excluding carboxylic acids is 1. The zero-order valence-corrected chi connectivity index (χ0v) is 13.2. The van der Waals surface area contributed by atoms with Crippen molar-refractivity contribution in [2.45, 2.75) is 32.3 Å². The van der Waals surface area contributed by atoms with Crippen LogP contribution in [0, 0.1) is 0 Å². The number of ether oxygens (including phenoxy) is 1. The van der Waals surface area contributed by atoms with Crippen LogP contribution in [0.25, 0.3) is 0 Å². The van der Waals surface area contributed by atoms with Gasteiger partial charge >= 0.3 is 0 Å². The van der Waals surface area contributed by atoms with Gasteiger partial charge in [-0.15, -0.1) is 0 Å². The molecule has 0 heterocycles. The van der Waals surface area contributed by atoms with E-state index in [2.05, 4.69) is 25.1 Å². The molecule has 0 spiro atoms. The van der Waals surface area contributed by atoms with E-state index in [4.69, 9.17) is 4.74 Å². The Morgan fingerprint density at radius 2 is 1.73 bits per heavy atom. The Morgan fingerprint density at radius 1 is 1.05 bits per heavy atom. The fourth-order valence-electron chi connectivity index (χ4n) is 2.48. The molecule has 2 rings (SSSR count). The normalized spacial score (nSPS) is 13.7. The van der Waals surface area contributed by atoms with Crippen LogP contribution in [0.15, 0.2) is 66.7 Å². The van der Waals surface area contributed by atoms with Gasteiger partial charge in [-0.05, 0) is 31.5 Å². The summed E-state index contributed by atoms with van der Waals surface area (Å²) >= 11 is 0. The molecule has 0 N–H and O–H groups in total. The van der Waals surface area contributed by atoms with E-state index in [1.165, 1.54) is 5.56 Å². The summed E-state index contributed by atoms with van der Waals surface area (Å²) in [6.45, 7) is 4.09. The minimum absolute atomic E-state index is 0.396. The quantitative estimate of drug-likeness (QED) is 0.539. The summed E-state index contributed by atoms with van der Waals surface area (Å²) < 4.78 is 6.25. The van der Waals surface area contributed by atoms with E-state index in [0.29, 0.717) is 11.3 Å². The second kappa shape index (κ2) is 7.60. The van der Waals surface area contributed by atoms with Crippen molar-refractivity contribution in [3.05, 3.63) is 77.9 Å². The molecule has 1 unspecified atom stereocenters. The van der Waals surface area contributed by atoms with Crippen LogP contribution in [-0.4, -0.2) is 11.9 Å². The van der Waals surface area contributed by atoms with E-state index in [-0.39, 0.29) is 0 Å². The molecule has 0 saturated heterocycles. The van der Waals surface area contributed by atoms with Gasteiger partial charge in [-0.2, -0.15) is 0 Å². The lowest BCUT2D eigenvalue weighted by Crippen LogP contribution is -2.34. The monoisotopic (exact) mass is 294 g/mol. The SMILES string of the molecule is CC=CCC(C)(Cc1ccccc1)Oc1ccccc1C=O. The van der Waals surface area contributed by atoms with E-state index < -0.39 is 5.60 Å². The molecule has 2 aromatic rings. The Hall–Kier alpha value is -2.35. The van der Waals surface area contributed by atoms with E-state index in [0.717, 1.165) is 19.1 Å². The van der Waals surface area contributed by atoms with Crippen LogP contribution in [0.2, 0.25) is 0 Å². The second-order valence-electron chi connectivity index (χ2n) is 5.64. The van der Waals surface area contributed by atoms with Gasteiger partial charge in [-0.25, -0.2) is 0 Å². The van der Waals surface area contributed by atoms with Crippen LogP contribution in [0.1, 0.15) is 36.2 Å². The minimum atomic E-state index is -0.396. The first kappa shape index (κ1) is 16.0. The number of hydrogen-bond acceptors (Lipinski definition) is 2. The van der Waals surface area contributed by atoms with E-state index in [9.17, 15) is 4.79 Å². The van der Waals surface area contributed by atoms with Gasteiger partial charge < -0.3 is 4.74 Å². The number of aldehydes is 1. The van der Waals surface area contributed by atoms with Gasteiger partial charge in [-0.1, -0.05) is 54.6 Å². The maximum atomic E-state index is 11.2. The summed E-state index contributed by atoms with van der Waals surface area (Å²) in [6, 6.07) is 17.6. The molecule has 1 atom stereocenters. The third-order valence-electron chi connectivity index (χ3n) is 3.61. The van der Waals surface area contributed by atoms with Gasteiger partial charge in [0.15, 0.2) is 6.29 Å². The first-order chi connectivity index (χ1) is 10.7. The van der Waals surface area contributed by atoms with Gasteiger partial charge in [0.2, 0.25) is 0 Å². The lowest BCUT2D eigenvalue weighted by Gasteiger charge is -2.30. The zero-order chi connectivity index (χ0) is 15.8. The van der Waals surface area contributed by atoms with Crippen LogP contribution >= 0.6 is 0 Å². The Kier molecular flexibility index (Phi) is 5.54. The van der Waals surface area contributed by atoms with Gasteiger partial charge in [0.25, 0.3) is 0 Å². The summed E-state index contributed by atoms with van der Waals surface area (Å²) in [5.74, 6) is 0.639. The second-order valence-corrected chi connectivity index (χ2v) is 5.64. The average Bonchev–Trinajstić information content (AvgIpc) is 2.54. The van der Waals surface area contributed by atoms with Crippen LogP contribution in [0.3, 0.4) is 0 Å². The molecule has 0 aliphatic carbocycles. The molecule has 0 aromatic heterocycles. The van der Waals surface area contributed by atoms with Crippen LogP contribution in [-0.2, 0) is 6.42 Å². The molecular formula is C20H22O2. The minimum Gasteiger partial charge on any atom is -0.486 e. The van der Waals surface area contributed by atoms with Crippen molar-refractivity contribution >= 4 is 6.29 Å². The molecule has 0 amide bonds. The zero-order valence-electron chi connectivity index (χ0n) is 13.2. The van der Waals surface area contributed by atoms with Gasteiger partial charge in [0.05, 0.1) is 5.56 Å². The van der Waals surface area contributed by atoms with Crippen LogP contribution in [0.5, 0.6) is 5.75 Å². The van der Waals surface area contributed by atoms with Crippen molar-refractivity contribution in [2.75, 3.05) is 0 Å². The summed E-state index contributed by atoms with van der Waals surface area (Å²) in [7, 11) is 0. The molecule has 2 nitrogen and oxygen atoms in total. The number of carbonyl (C=O) groups is 1. The lowest BCUT2D eigenvalue weighted by molar-refractivity contribution is 0.0895. The molecule has 2 heteroatoms. The fourth-order valence-corrected chi connectivity index (χ4v) is 2.48. The molecule has 0 saturated carbocycles. The summed E-state index contributed by atoms with van der Waals surface area (Å²) in [4.78, 5) is 11.2. The molecular weight excluding hydrogens is 272 g/mol. The van der Waals surface area contributed by atoms with Crippen molar-refractivity contribution in [1.82, 2.24) is 0 Å². The number of para-hydroxylation sites is 1. The van der Waals surface area contributed by atoms with E-state index in [1.807, 2.05) is 49.4 Å². The fraction of sp³-hybridized carbons (Fsp3) is 0.250. The van der Waals surface area contributed by atoms with Gasteiger partial charge in [-0.3, -0.25) is 4.79 Å². The van der Waals surface area contributed by atoms with Gasteiger partial charge in [0.1, 0.15) is 11.4 Å². The Balaban J connectivity index is 2.26. The maximum absolute atomic E-state index is 11.2. The number of hydrogen-bond donors (Lipinski definition) is 0. The van der Waals surface area contributed by atoms with Crippen molar-refractivity contribution < 1.29 is 9.53 Å². The molecule has 22 heavy (non-hydrogen) atoms. The smallest absolute Gasteiger partial charge is 0.153 e. The molecule has 0 radical (unpaired) electrons. The van der Waals surface area contributed by atoms with Crippen molar-refractivity contribution in [2.24, 2.45) is 0 Å². The number of allylic oxidation sites excluding steroid dienone is 1. The highest BCUT2D eigenvalue weighted by Gasteiger charge is 2.26. The highest BCUT2D eigenvalue weighted by atomic mass is 16.5. The first-order valence-electron chi connectivity index (χ1n) is 7.55. The average molecular weight is 294 g/mol.